The normalized spacial score (nSPS) is 16.9. The Bertz CT molecular complexity index is 780. The van der Waals surface area contributed by atoms with E-state index >= 15 is 0 Å². The zero-order chi connectivity index (χ0) is 14.2. The van der Waals surface area contributed by atoms with Crippen molar-refractivity contribution >= 4 is 11.8 Å². The average Bonchev–Trinajstić information content (AvgIpc) is 2.93. The Balaban J connectivity index is 2.00. The number of thioether (sulfide) groups is 1. The molecular formula is C17H15N3S. The van der Waals surface area contributed by atoms with Crippen LogP contribution in [0.1, 0.15) is 18.7 Å². The lowest BCUT2D eigenvalue weighted by Crippen LogP contribution is -2.05. The minimum absolute atomic E-state index is 0.382. The molecule has 104 valence electrons. The molecular weight excluding hydrogens is 278 g/mol. The highest BCUT2D eigenvalue weighted by atomic mass is 32.2. The van der Waals surface area contributed by atoms with E-state index in [1.807, 2.05) is 30.0 Å². The maximum atomic E-state index is 4.47. The Morgan fingerprint density at radius 1 is 1.00 bits per heavy atom. The Morgan fingerprint density at radius 3 is 2.62 bits per heavy atom. The molecule has 0 bridgehead atoms. The van der Waals surface area contributed by atoms with Crippen LogP contribution in [0.2, 0.25) is 0 Å². The van der Waals surface area contributed by atoms with Gasteiger partial charge in [-0.15, -0.1) is 22.0 Å². The second-order valence-electron chi connectivity index (χ2n) is 5.26. The van der Waals surface area contributed by atoms with Gasteiger partial charge in [0, 0.05) is 22.1 Å². The molecule has 0 spiro atoms. The number of hydrogen-bond acceptors (Lipinski definition) is 3. The summed E-state index contributed by atoms with van der Waals surface area (Å²) in [7, 11) is 0. The molecule has 1 aromatic heterocycles. The minimum Gasteiger partial charge on any atom is -0.278 e. The predicted molar refractivity (Wildman–Crippen MR) is 85.9 cm³/mol. The molecule has 1 aliphatic heterocycles. The molecule has 0 aliphatic carbocycles. The highest BCUT2D eigenvalue weighted by molar-refractivity contribution is 7.99. The molecule has 0 saturated carbocycles. The van der Waals surface area contributed by atoms with Crippen molar-refractivity contribution in [2.45, 2.75) is 17.7 Å². The highest BCUT2D eigenvalue weighted by Crippen LogP contribution is 2.37. The molecule has 1 unspecified atom stereocenters. The van der Waals surface area contributed by atoms with Crippen LogP contribution in [0.15, 0.2) is 59.5 Å². The number of rotatable bonds is 1. The van der Waals surface area contributed by atoms with E-state index in [-0.39, 0.29) is 0 Å². The van der Waals surface area contributed by atoms with Crippen molar-refractivity contribution in [3.63, 3.8) is 0 Å². The fourth-order valence-corrected chi connectivity index (χ4v) is 3.74. The van der Waals surface area contributed by atoms with Crippen molar-refractivity contribution in [3.05, 3.63) is 60.4 Å². The van der Waals surface area contributed by atoms with Crippen LogP contribution in [0.3, 0.4) is 0 Å². The zero-order valence-corrected chi connectivity index (χ0v) is 12.5. The second-order valence-corrected chi connectivity index (χ2v) is 6.32. The number of nitrogens with zero attached hydrogens (tertiary/aromatic N) is 3. The summed E-state index contributed by atoms with van der Waals surface area (Å²) in [6, 6.07) is 18.8. The summed E-state index contributed by atoms with van der Waals surface area (Å²) in [6.07, 6.45) is 0. The average molecular weight is 293 g/mol. The summed E-state index contributed by atoms with van der Waals surface area (Å²) < 4.78 is 2.22. The molecule has 21 heavy (non-hydrogen) atoms. The van der Waals surface area contributed by atoms with Gasteiger partial charge in [0.1, 0.15) is 5.82 Å². The molecule has 3 aromatic rings. The number of para-hydroxylation sites is 1. The van der Waals surface area contributed by atoms with Gasteiger partial charge in [-0.05, 0) is 12.1 Å². The standard InChI is InChI=1S/C17H15N3S/c1-12-11-21-15-10-6-5-9-14(15)20-16(12)18-19-17(20)13-7-3-2-4-8-13/h2-10,12H,11H2,1H3. The van der Waals surface area contributed by atoms with Crippen molar-refractivity contribution < 1.29 is 0 Å². The van der Waals surface area contributed by atoms with Crippen LogP contribution >= 0.6 is 11.8 Å². The number of benzene rings is 2. The van der Waals surface area contributed by atoms with Gasteiger partial charge in [0.15, 0.2) is 5.82 Å². The Hall–Kier alpha value is -2.07. The van der Waals surface area contributed by atoms with Crippen molar-refractivity contribution in [2.24, 2.45) is 0 Å². The molecule has 3 nitrogen and oxygen atoms in total. The molecule has 4 heteroatoms. The zero-order valence-electron chi connectivity index (χ0n) is 11.7. The lowest BCUT2D eigenvalue weighted by Gasteiger charge is -2.11. The minimum atomic E-state index is 0.382. The van der Waals surface area contributed by atoms with Gasteiger partial charge in [0.05, 0.1) is 5.69 Å². The summed E-state index contributed by atoms with van der Waals surface area (Å²) in [5, 5.41) is 8.94. The van der Waals surface area contributed by atoms with E-state index in [4.69, 9.17) is 0 Å². The first-order valence-corrected chi connectivity index (χ1v) is 8.06. The fourth-order valence-electron chi connectivity index (χ4n) is 2.68. The first-order valence-electron chi connectivity index (χ1n) is 7.07. The quantitative estimate of drug-likeness (QED) is 0.675. The van der Waals surface area contributed by atoms with Gasteiger partial charge in [-0.1, -0.05) is 49.4 Å². The molecule has 0 fully saturated rings. The van der Waals surface area contributed by atoms with Gasteiger partial charge in [-0.25, -0.2) is 0 Å². The highest BCUT2D eigenvalue weighted by Gasteiger charge is 2.24. The Kier molecular flexibility index (Phi) is 3.04. The van der Waals surface area contributed by atoms with Gasteiger partial charge >= 0.3 is 0 Å². The third-order valence-corrected chi connectivity index (χ3v) is 5.08. The summed E-state index contributed by atoms with van der Waals surface area (Å²) in [5.74, 6) is 3.38. The molecule has 0 radical (unpaired) electrons. The maximum absolute atomic E-state index is 4.47. The molecule has 1 atom stereocenters. The van der Waals surface area contributed by atoms with Crippen LogP contribution in [0.5, 0.6) is 0 Å². The van der Waals surface area contributed by atoms with Crippen molar-refractivity contribution in [1.29, 1.82) is 0 Å². The van der Waals surface area contributed by atoms with Gasteiger partial charge in [-0.2, -0.15) is 0 Å². The Morgan fingerprint density at radius 2 is 1.76 bits per heavy atom. The van der Waals surface area contributed by atoms with Gasteiger partial charge in [-0.3, -0.25) is 4.57 Å². The third kappa shape index (κ3) is 2.07. The summed E-state index contributed by atoms with van der Waals surface area (Å²) in [4.78, 5) is 1.29. The van der Waals surface area contributed by atoms with E-state index in [1.165, 1.54) is 10.6 Å². The van der Waals surface area contributed by atoms with Gasteiger partial charge < -0.3 is 0 Å². The van der Waals surface area contributed by atoms with Crippen LogP contribution < -0.4 is 0 Å². The van der Waals surface area contributed by atoms with E-state index in [9.17, 15) is 0 Å². The molecule has 1 aliphatic rings. The summed E-state index contributed by atoms with van der Waals surface area (Å²) >= 11 is 1.89. The molecule has 0 amide bonds. The number of aromatic nitrogens is 3. The van der Waals surface area contributed by atoms with E-state index in [0.717, 1.165) is 23.0 Å². The lowest BCUT2D eigenvalue weighted by molar-refractivity contribution is 0.760. The first-order chi connectivity index (χ1) is 10.3. The molecule has 2 aromatic carbocycles. The second kappa shape index (κ2) is 5.04. The molecule has 0 saturated heterocycles. The topological polar surface area (TPSA) is 30.7 Å². The van der Waals surface area contributed by atoms with Gasteiger partial charge in [0.2, 0.25) is 0 Å². The van der Waals surface area contributed by atoms with E-state index in [1.54, 1.807) is 0 Å². The first kappa shape index (κ1) is 12.7. The van der Waals surface area contributed by atoms with Crippen molar-refractivity contribution in [2.75, 3.05) is 5.75 Å². The third-order valence-electron chi connectivity index (χ3n) is 3.76. The van der Waals surface area contributed by atoms with Crippen LogP contribution in [0.25, 0.3) is 17.1 Å². The molecule has 4 rings (SSSR count). The van der Waals surface area contributed by atoms with Crippen LogP contribution in [0.4, 0.5) is 0 Å². The van der Waals surface area contributed by atoms with Crippen molar-refractivity contribution in [1.82, 2.24) is 14.8 Å². The van der Waals surface area contributed by atoms with E-state index < -0.39 is 0 Å². The maximum Gasteiger partial charge on any atom is 0.168 e. The smallest absolute Gasteiger partial charge is 0.168 e. The van der Waals surface area contributed by atoms with Crippen LogP contribution in [-0.4, -0.2) is 20.5 Å². The van der Waals surface area contributed by atoms with Crippen LogP contribution in [0, 0.1) is 0 Å². The van der Waals surface area contributed by atoms with E-state index in [0.29, 0.717) is 5.92 Å². The fraction of sp³-hybridized carbons (Fsp3) is 0.176. The van der Waals surface area contributed by atoms with Gasteiger partial charge in [0.25, 0.3) is 0 Å². The van der Waals surface area contributed by atoms with Crippen LogP contribution in [-0.2, 0) is 0 Å². The SMILES string of the molecule is CC1CSc2ccccc2-n2c(-c3ccccc3)nnc21. The summed E-state index contributed by atoms with van der Waals surface area (Å²) in [6.45, 7) is 2.22. The lowest BCUT2D eigenvalue weighted by atomic mass is 10.1. The Labute approximate surface area is 128 Å². The van der Waals surface area contributed by atoms with E-state index in [2.05, 4.69) is 58.1 Å². The monoisotopic (exact) mass is 293 g/mol. The molecule has 2 heterocycles. The number of hydrogen-bond donors (Lipinski definition) is 0. The predicted octanol–water partition coefficient (Wildman–Crippen LogP) is 4.14. The van der Waals surface area contributed by atoms with Crippen molar-refractivity contribution in [3.8, 4) is 17.1 Å². The molecule has 0 N–H and O–H groups in total. The summed E-state index contributed by atoms with van der Waals surface area (Å²) in [5.41, 5.74) is 2.29. The largest absolute Gasteiger partial charge is 0.278 e. The number of fused-ring (bicyclic) bond motifs is 3.